The predicted octanol–water partition coefficient (Wildman–Crippen LogP) is 14.4. The number of furan rings is 2. The first-order chi connectivity index (χ1) is 28.2. The van der Waals surface area contributed by atoms with Crippen LogP contribution in [-0.4, -0.2) is 15.0 Å². The Balaban J connectivity index is 1.01. The summed E-state index contributed by atoms with van der Waals surface area (Å²) in [5.41, 5.74) is 10.5. The van der Waals surface area contributed by atoms with Crippen molar-refractivity contribution in [3.63, 3.8) is 0 Å². The number of hydrogen-bond acceptors (Lipinski definition) is 6. The Morgan fingerprint density at radius 1 is 0.333 bits per heavy atom. The number of rotatable bonds is 5. The minimum atomic E-state index is 0.590. The summed E-state index contributed by atoms with van der Waals surface area (Å²) in [6.07, 6.45) is 0. The van der Waals surface area contributed by atoms with Gasteiger partial charge in [0.1, 0.15) is 22.3 Å². The standard InChI is InChI=1S/C51H29N3O2S/c1-3-12-30(13-4-1)49-52-50(31-14-5-2-6-15-31)54-51(53-49)33-23-25-37-36-24-22-32(28-44(36)55-45(37)29-33)34-26-41-35-16-7-9-20-43(35)56-47(41)42(27-34)40-19-11-18-39-38-17-8-10-21-46(38)57-48(39)40/h1-29H. The molecule has 0 aliphatic carbocycles. The Morgan fingerprint density at radius 2 is 0.912 bits per heavy atom. The smallest absolute Gasteiger partial charge is 0.164 e. The highest BCUT2D eigenvalue weighted by atomic mass is 32.1. The van der Waals surface area contributed by atoms with Gasteiger partial charge in [0, 0.05) is 69.5 Å². The van der Waals surface area contributed by atoms with E-state index in [1.54, 1.807) is 0 Å². The molecule has 0 bridgehead atoms. The van der Waals surface area contributed by atoms with Gasteiger partial charge >= 0.3 is 0 Å². The molecule has 0 atom stereocenters. The maximum atomic E-state index is 6.67. The van der Waals surface area contributed by atoms with Crippen LogP contribution < -0.4 is 0 Å². The Labute approximate surface area is 330 Å². The third-order valence-corrected chi connectivity index (χ3v) is 12.2. The average molecular weight is 748 g/mol. The molecule has 8 aromatic carbocycles. The molecule has 0 spiro atoms. The Morgan fingerprint density at radius 3 is 1.65 bits per heavy atom. The van der Waals surface area contributed by atoms with Gasteiger partial charge in [-0.15, -0.1) is 11.3 Å². The lowest BCUT2D eigenvalue weighted by Gasteiger charge is -2.09. The summed E-state index contributed by atoms with van der Waals surface area (Å²) in [4.78, 5) is 14.8. The largest absolute Gasteiger partial charge is 0.456 e. The van der Waals surface area contributed by atoms with Crippen LogP contribution in [0.1, 0.15) is 0 Å². The Hall–Kier alpha value is -7.41. The third kappa shape index (κ3) is 5.19. The van der Waals surface area contributed by atoms with Crippen molar-refractivity contribution in [3.8, 4) is 56.4 Å². The molecule has 0 fully saturated rings. The molecule has 0 aliphatic rings. The van der Waals surface area contributed by atoms with Crippen molar-refractivity contribution in [3.05, 3.63) is 176 Å². The molecule has 0 saturated heterocycles. The summed E-state index contributed by atoms with van der Waals surface area (Å²) < 4.78 is 15.8. The molecule has 4 aromatic heterocycles. The molecule has 0 saturated carbocycles. The van der Waals surface area contributed by atoms with E-state index in [1.165, 1.54) is 25.7 Å². The van der Waals surface area contributed by atoms with E-state index in [0.29, 0.717) is 17.5 Å². The summed E-state index contributed by atoms with van der Waals surface area (Å²) in [6.45, 7) is 0. The molecule has 0 unspecified atom stereocenters. The Bertz CT molecular complexity index is 3470. The van der Waals surface area contributed by atoms with Crippen molar-refractivity contribution in [1.82, 2.24) is 15.0 Å². The van der Waals surface area contributed by atoms with Gasteiger partial charge in [0.25, 0.3) is 0 Å². The summed E-state index contributed by atoms with van der Waals surface area (Å²) >= 11 is 1.83. The molecule has 0 aliphatic heterocycles. The van der Waals surface area contributed by atoms with Gasteiger partial charge in [-0.25, -0.2) is 15.0 Å². The second-order valence-corrected chi connectivity index (χ2v) is 15.4. The first-order valence-electron chi connectivity index (χ1n) is 18.9. The van der Waals surface area contributed by atoms with Crippen LogP contribution in [0, 0.1) is 0 Å². The fourth-order valence-electron chi connectivity index (χ4n) is 8.19. The molecular formula is C51H29N3O2S. The van der Waals surface area contributed by atoms with Crippen molar-refractivity contribution >= 4 is 75.4 Å². The van der Waals surface area contributed by atoms with Crippen molar-refractivity contribution in [1.29, 1.82) is 0 Å². The normalized spacial score (nSPS) is 11.9. The van der Waals surface area contributed by atoms with Gasteiger partial charge in [0.05, 0.1) is 0 Å². The Kier molecular flexibility index (Phi) is 7.03. The van der Waals surface area contributed by atoms with E-state index in [9.17, 15) is 0 Å². The SMILES string of the molecule is c1ccc(-c2nc(-c3ccccc3)nc(-c3ccc4c(c3)oc3cc(-c5cc(-c6cccc7c6sc6ccccc67)c6oc7ccccc7c6c5)ccc34)n2)cc1. The summed E-state index contributed by atoms with van der Waals surface area (Å²) in [5.74, 6) is 1.84. The lowest BCUT2D eigenvalue weighted by Crippen LogP contribution is -2.00. The van der Waals surface area contributed by atoms with Gasteiger partial charge in [-0.2, -0.15) is 0 Å². The predicted molar refractivity (Wildman–Crippen MR) is 234 cm³/mol. The van der Waals surface area contributed by atoms with E-state index < -0.39 is 0 Å². The molecular weight excluding hydrogens is 719 g/mol. The quantitative estimate of drug-likeness (QED) is 0.175. The third-order valence-electron chi connectivity index (χ3n) is 10.9. The van der Waals surface area contributed by atoms with Crippen molar-refractivity contribution in [2.75, 3.05) is 0 Å². The molecule has 5 nitrogen and oxygen atoms in total. The van der Waals surface area contributed by atoms with E-state index in [4.69, 9.17) is 23.8 Å². The molecule has 4 heterocycles. The zero-order chi connectivity index (χ0) is 37.5. The van der Waals surface area contributed by atoms with Crippen molar-refractivity contribution in [2.45, 2.75) is 0 Å². The van der Waals surface area contributed by atoms with Crippen molar-refractivity contribution < 1.29 is 8.83 Å². The van der Waals surface area contributed by atoms with Gasteiger partial charge in [-0.1, -0.05) is 127 Å². The van der Waals surface area contributed by atoms with E-state index in [2.05, 4.69) is 103 Å². The molecule has 0 radical (unpaired) electrons. The van der Waals surface area contributed by atoms with E-state index in [0.717, 1.165) is 77.3 Å². The van der Waals surface area contributed by atoms with Crippen LogP contribution in [0.25, 0.3) is 120 Å². The molecule has 57 heavy (non-hydrogen) atoms. The maximum absolute atomic E-state index is 6.67. The molecule has 12 rings (SSSR count). The minimum Gasteiger partial charge on any atom is -0.456 e. The van der Waals surface area contributed by atoms with Gasteiger partial charge in [-0.3, -0.25) is 0 Å². The molecule has 0 amide bonds. The minimum absolute atomic E-state index is 0.590. The van der Waals surface area contributed by atoms with E-state index in [1.807, 2.05) is 84.1 Å². The number of fused-ring (bicyclic) bond motifs is 9. The highest BCUT2D eigenvalue weighted by molar-refractivity contribution is 7.26. The summed E-state index contributed by atoms with van der Waals surface area (Å²) in [5, 5.41) is 6.81. The van der Waals surface area contributed by atoms with Crippen LogP contribution in [-0.2, 0) is 0 Å². The first-order valence-corrected chi connectivity index (χ1v) is 19.7. The fourth-order valence-corrected chi connectivity index (χ4v) is 9.42. The fraction of sp³-hybridized carbons (Fsp3) is 0. The van der Waals surface area contributed by atoms with Gasteiger partial charge < -0.3 is 8.83 Å². The number of benzene rings is 8. The van der Waals surface area contributed by atoms with Crippen molar-refractivity contribution in [2.24, 2.45) is 0 Å². The van der Waals surface area contributed by atoms with Gasteiger partial charge in [0.2, 0.25) is 0 Å². The number of thiophene rings is 1. The van der Waals surface area contributed by atoms with Crippen LogP contribution in [0.5, 0.6) is 0 Å². The zero-order valence-electron chi connectivity index (χ0n) is 30.3. The van der Waals surface area contributed by atoms with Crippen LogP contribution in [0.15, 0.2) is 185 Å². The average Bonchev–Trinajstić information content (AvgIpc) is 3.97. The number of hydrogen-bond donors (Lipinski definition) is 0. The van der Waals surface area contributed by atoms with Crippen LogP contribution in [0.4, 0.5) is 0 Å². The van der Waals surface area contributed by atoms with Gasteiger partial charge in [0.15, 0.2) is 17.5 Å². The monoisotopic (exact) mass is 747 g/mol. The second-order valence-electron chi connectivity index (χ2n) is 14.3. The number of nitrogens with zero attached hydrogens (tertiary/aromatic N) is 3. The van der Waals surface area contributed by atoms with Gasteiger partial charge in [-0.05, 0) is 59.7 Å². The van der Waals surface area contributed by atoms with E-state index in [-0.39, 0.29) is 0 Å². The topological polar surface area (TPSA) is 65.0 Å². The van der Waals surface area contributed by atoms with Crippen LogP contribution in [0.3, 0.4) is 0 Å². The molecule has 0 N–H and O–H groups in total. The maximum Gasteiger partial charge on any atom is 0.164 e. The van der Waals surface area contributed by atoms with Crippen LogP contribution in [0.2, 0.25) is 0 Å². The zero-order valence-corrected chi connectivity index (χ0v) is 31.1. The molecule has 6 heteroatoms. The van der Waals surface area contributed by atoms with E-state index >= 15 is 0 Å². The second kappa shape index (κ2) is 12.6. The highest BCUT2D eigenvalue weighted by Crippen LogP contribution is 2.45. The number of para-hydroxylation sites is 1. The summed E-state index contributed by atoms with van der Waals surface area (Å²) in [6, 6.07) is 60.9. The lowest BCUT2D eigenvalue weighted by atomic mass is 9.94. The highest BCUT2D eigenvalue weighted by Gasteiger charge is 2.20. The molecule has 12 aromatic rings. The summed E-state index contributed by atoms with van der Waals surface area (Å²) in [7, 11) is 0. The lowest BCUT2D eigenvalue weighted by molar-refractivity contribution is 0.669. The van der Waals surface area contributed by atoms with Crippen LogP contribution >= 0.6 is 11.3 Å². The number of aromatic nitrogens is 3. The molecule has 266 valence electrons. The first kappa shape index (κ1) is 31.9.